The van der Waals surface area contributed by atoms with E-state index in [-0.39, 0.29) is 12.5 Å². The Kier molecular flexibility index (Phi) is 3.85. The van der Waals surface area contributed by atoms with Gasteiger partial charge in [0.15, 0.2) is 0 Å². The molecule has 88 valence electrons. The summed E-state index contributed by atoms with van der Waals surface area (Å²) in [5.41, 5.74) is 0.956. The number of amides is 1. The van der Waals surface area contributed by atoms with Crippen LogP contribution < -0.4 is 5.69 Å². The first-order chi connectivity index (χ1) is 7.34. The van der Waals surface area contributed by atoms with Crippen molar-refractivity contribution in [1.29, 1.82) is 0 Å². The Bertz CT molecular complexity index is 480. The van der Waals surface area contributed by atoms with E-state index in [1.165, 1.54) is 9.47 Å². The lowest BCUT2D eigenvalue weighted by molar-refractivity contribution is -0.129. The van der Waals surface area contributed by atoms with Crippen LogP contribution in [0.4, 0.5) is 0 Å². The maximum atomic E-state index is 11.6. The van der Waals surface area contributed by atoms with E-state index in [1.807, 2.05) is 0 Å². The summed E-state index contributed by atoms with van der Waals surface area (Å²) in [6, 6.07) is 0. The molecule has 1 amide bonds. The van der Waals surface area contributed by atoms with Gasteiger partial charge in [0.2, 0.25) is 5.91 Å². The molecule has 0 aliphatic heterocycles. The third-order valence-corrected chi connectivity index (χ3v) is 3.47. The summed E-state index contributed by atoms with van der Waals surface area (Å²) in [5, 5.41) is 0. The molecule has 0 bridgehead atoms. The highest BCUT2D eigenvalue weighted by atomic mass is 79.9. The number of aromatic nitrogens is 2. The van der Waals surface area contributed by atoms with Gasteiger partial charge in [0.05, 0.1) is 10.2 Å². The van der Waals surface area contributed by atoms with E-state index in [4.69, 9.17) is 0 Å². The molecular formula is C10H14BrN3O2. The molecule has 0 saturated heterocycles. The van der Waals surface area contributed by atoms with Crippen LogP contribution in [0.15, 0.2) is 9.27 Å². The van der Waals surface area contributed by atoms with Gasteiger partial charge in [-0.1, -0.05) is 0 Å². The van der Waals surface area contributed by atoms with Crippen LogP contribution in [0.3, 0.4) is 0 Å². The van der Waals surface area contributed by atoms with Gasteiger partial charge in [0, 0.05) is 19.8 Å². The van der Waals surface area contributed by atoms with Crippen LogP contribution in [-0.2, 0) is 11.3 Å². The van der Waals surface area contributed by atoms with Gasteiger partial charge >= 0.3 is 5.69 Å². The zero-order chi connectivity index (χ0) is 12.5. The number of likely N-dealkylation sites (N-methyl/N-ethyl adjacent to an activating group) is 1. The molecule has 16 heavy (non-hydrogen) atoms. The van der Waals surface area contributed by atoms with Crippen molar-refractivity contribution >= 4 is 21.8 Å². The van der Waals surface area contributed by atoms with Crippen LogP contribution in [0.1, 0.15) is 11.4 Å². The molecule has 0 atom stereocenters. The fourth-order valence-electron chi connectivity index (χ4n) is 1.24. The van der Waals surface area contributed by atoms with Crippen molar-refractivity contribution in [3.8, 4) is 0 Å². The van der Waals surface area contributed by atoms with Gasteiger partial charge in [-0.25, -0.2) is 4.79 Å². The largest absolute Gasteiger partial charge is 0.348 e. The molecule has 5 nitrogen and oxygen atoms in total. The van der Waals surface area contributed by atoms with Crippen molar-refractivity contribution in [3.63, 3.8) is 0 Å². The molecule has 0 aliphatic carbocycles. The zero-order valence-corrected chi connectivity index (χ0v) is 11.3. The number of carbonyl (C=O) groups is 1. The first-order valence-electron chi connectivity index (χ1n) is 4.78. The minimum atomic E-state index is -0.395. The highest BCUT2D eigenvalue weighted by Gasteiger charge is 2.13. The summed E-state index contributed by atoms with van der Waals surface area (Å²) >= 11 is 3.34. The van der Waals surface area contributed by atoms with Crippen molar-refractivity contribution < 1.29 is 4.79 Å². The smallest absolute Gasteiger partial charge is 0.347 e. The fourth-order valence-corrected chi connectivity index (χ4v) is 1.54. The van der Waals surface area contributed by atoms with Gasteiger partial charge in [-0.15, -0.1) is 0 Å². The Labute approximate surface area is 102 Å². The Balaban J connectivity index is 3.20. The van der Waals surface area contributed by atoms with Crippen LogP contribution >= 0.6 is 15.9 Å². The van der Waals surface area contributed by atoms with E-state index in [0.29, 0.717) is 11.4 Å². The molecule has 0 unspecified atom stereocenters. The van der Waals surface area contributed by atoms with Gasteiger partial charge in [0.25, 0.3) is 0 Å². The second kappa shape index (κ2) is 4.78. The molecule has 1 aromatic heterocycles. The lowest BCUT2D eigenvalue weighted by atomic mass is 10.3. The quantitative estimate of drug-likeness (QED) is 0.805. The lowest BCUT2D eigenvalue weighted by Gasteiger charge is -2.14. The zero-order valence-electron chi connectivity index (χ0n) is 9.74. The molecule has 0 N–H and O–H groups in total. The molecule has 0 aliphatic rings. The van der Waals surface area contributed by atoms with E-state index in [1.54, 1.807) is 27.9 Å². The minimum Gasteiger partial charge on any atom is -0.347 e. The number of halogens is 1. The van der Waals surface area contributed by atoms with Crippen LogP contribution in [0, 0.1) is 13.8 Å². The Morgan fingerprint density at radius 1 is 1.44 bits per heavy atom. The third-order valence-electron chi connectivity index (χ3n) is 2.33. The SMILES string of the molecule is Cc1nc(=O)n(CC(=O)N(C)C)c(C)c1Br. The van der Waals surface area contributed by atoms with E-state index in [9.17, 15) is 9.59 Å². The van der Waals surface area contributed by atoms with Gasteiger partial charge in [-0.05, 0) is 29.8 Å². The summed E-state index contributed by atoms with van der Waals surface area (Å²) in [4.78, 5) is 28.4. The molecule has 0 spiro atoms. The molecular weight excluding hydrogens is 274 g/mol. The molecule has 0 radical (unpaired) electrons. The summed E-state index contributed by atoms with van der Waals surface area (Å²) < 4.78 is 2.12. The van der Waals surface area contributed by atoms with Crippen molar-refractivity contribution in [2.24, 2.45) is 0 Å². The number of hydrogen-bond acceptors (Lipinski definition) is 3. The number of hydrogen-bond donors (Lipinski definition) is 0. The van der Waals surface area contributed by atoms with Crippen molar-refractivity contribution in [3.05, 3.63) is 26.3 Å². The van der Waals surface area contributed by atoms with Crippen LogP contribution in [0.2, 0.25) is 0 Å². The maximum absolute atomic E-state index is 11.6. The highest BCUT2D eigenvalue weighted by molar-refractivity contribution is 9.10. The second-order valence-corrected chi connectivity index (χ2v) is 4.55. The normalized spacial score (nSPS) is 10.3. The molecule has 0 aromatic carbocycles. The Morgan fingerprint density at radius 3 is 2.50 bits per heavy atom. The van der Waals surface area contributed by atoms with Crippen LogP contribution in [0.25, 0.3) is 0 Å². The Hall–Kier alpha value is -1.17. The van der Waals surface area contributed by atoms with E-state index in [0.717, 1.165) is 4.47 Å². The maximum Gasteiger partial charge on any atom is 0.348 e. The van der Waals surface area contributed by atoms with Gasteiger partial charge in [-0.2, -0.15) is 4.98 Å². The van der Waals surface area contributed by atoms with E-state index < -0.39 is 5.69 Å². The predicted molar refractivity (Wildman–Crippen MR) is 64.4 cm³/mol. The fraction of sp³-hybridized carbons (Fsp3) is 0.500. The molecule has 1 aromatic rings. The topological polar surface area (TPSA) is 55.2 Å². The van der Waals surface area contributed by atoms with Gasteiger partial charge < -0.3 is 4.90 Å². The molecule has 1 rings (SSSR count). The first-order valence-corrected chi connectivity index (χ1v) is 5.57. The summed E-state index contributed by atoms with van der Waals surface area (Å²) in [7, 11) is 3.30. The Morgan fingerprint density at radius 2 is 2.00 bits per heavy atom. The third kappa shape index (κ3) is 2.49. The molecule has 0 fully saturated rings. The molecule has 6 heteroatoms. The number of rotatable bonds is 2. The van der Waals surface area contributed by atoms with Crippen LogP contribution in [-0.4, -0.2) is 34.5 Å². The van der Waals surface area contributed by atoms with Crippen molar-refractivity contribution in [2.45, 2.75) is 20.4 Å². The predicted octanol–water partition coefficient (Wildman–Crippen LogP) is 0.711. The standard InChI is InChI=1S/C10H14BrN3O2/c1-6-9(11)7(2)14(10(16)12-6)5-8(15)13(3)4/h5H2,1-4H3. The van der Waals surface area contributed by atoms with Gasteiger partial charge in [0.1, 0.15) is 6.54 Å². The lowest BCUT2D eigenvalue weighted by Crippen LogP contribution is -2.34. The first kappa shape index (κ1) is 12.9. The van der Waals surface area contributed by atoms with E-state index in [2.05, 4.69) is 20.9 Å². The summed E-state index contributed by atoms with van der Waals surface area (Å²) in [5.74, 6) is -0.136. The van der Waals surface area contributed by atoms with Crippen molar-refractivity contribution in [2.75, 3.05) is 14.1 Å². The summed E-state index contributed by atoms with van der Waals surface area (Å²) in [6.45, 7) is 3.54. The molecule has 0 saturated carbocycles. The number of nitrogens with zero attached hydrogens (tertiary/aromatic N) is 3. The second-order valence-electron chi connectivity index (χ2n) is 3.75. The van der Waals surface area contributed by atoms with Crippen molar-refractivity contribution in [1.82, 2.24) is 14.5 Å². The highest BCUT2D eigenvalue weighted by Crippen LogP contribution is 2.16. The minimum absolute atomic E-state index is 0.0174. The van der Waals surface area contributed by atoms with Gasteiger partial charge in [-0.3, -0.25) is 9.36 Å². The number of carbonyl (C=O) groups excluding carboxylic acids is 1. The van der Waals surface area contributed by atoms with Crippen LogP contribution in [0.5, 0.6) is 0 Å². The monoisotopic (exact) mass is 287 g/mol. The van der Waals surface area contributed by atoms with E-state index >= 15 is 0 Å². The molecule has 1 heterocycles. The number of aryl methyl sites for hydroxylation is 1. The summed E-state index contributed by atoms with van der Waals surface area (Å²) in [6.07, 6.45) is 0. The average molecular weight is 288 g/mol. The average Bonchev–Trinajstić information content (AvgIpc) is 2.20.